The zero-order valence-corrected chi connectivity index (χ0v) is 9.75. The fourth-order valence-electron chi connectivity index (χ4n) is 1.61. The Kier molecular flexibility index (Phi) is 4.01. The first-order chi connectivity index (χ1) is 7.06. The van der Waals surface area contributed by atoms with E-state index in [1.165, 1.54) is 0 Å². The van der Waals surface area contributed by atoms with Crippen molar-refractivity contribution >= 4 is 0 Å². The zero-order valence-electron chi connectivity index (χ0n) is 9.75. The van der Waals surface area contributed by atoms with E-state index in [2.05, 4.69) is 6.92 Å². The van der Waals surface area contributed by atoms with Crippen LogP contribution >= 0.6 is 0 Å². The van der Waals surface area contributed by atoms with Gasteiger partial charge >= 0.3 is 0 Å². The summed E-state index contributed by atoms with van der Waals surface area (Å²) in [6, 6.07) is 3.52. The summed E-state index contributed by atoms with van der Waals surface area (Å²) in [6.45, 7) is 6.18. The molecule has 0 saturated carbocycles. The van der Waals surface area contributed by atoms with Crippen molar-refractivity contribution in [2.45, 2.75) is 46.0 Å². The molecule has 0 aromatic heterocycles. The van der Waals surface area contributed by atoms with E-state index in [1.54, 1.807) is 12.1 Å². The lowest BCUT2D eigenvalue weighted by Gasteiger charge is -2.11. The van der Waals surface area contributed by atoms with E-state index in [9.17, 15) is 10.2 Å². The molecule has 0 aliphatic heterocycles. The SMILES string of the molecule is CCCCc1c(O)cc(C(C)C)cc1O. The van der Waals surface area contributed by atoms with Gasteiger partial charge in [-0.05, 0) is 36.5 Å². The number of hydrogen-bond donors (Lipinski definition) is 2. The first-order valence-electron chi connectivity index (χ1n) is 5.61. The lowest BCUT2D eigenvalue weighted by Crippen LogP contribution is -1.92. The highest BCUT2D eigenvalue weighted by molar-refractivity contribution is 5.47. The Bertz CT molecular complexity index is 306. The standard InChI is InChI=1S/C13H20O2/c1-4-5-6-11-12(14)7-10(9(2)3)8-13(11)15/h7-9,14-15H,4-6H2,1-3H3. The second-order valence-electron chi connectivity index (χ2n) is 4.30. The molecule has 0 aliphatic rings. The average molecular weight is 208 g/mol. The van der Waals surface area contributed by atoms with E-state index >= 15 is 0 Å². The summed E-state index contributed by atoms with van der Waals surface area (Å²) in [5.74, 6) is 0.779. The summed E-state index contributed by atoms with van der Waals surface area (Å²) < 4.78 is 0. The number of aromatic hydroxyl groups is 2. The van der Waals surface area contributed by atoms with Crippen LogP contribution in [0, 0.1) is 0 Å². The molecule has 1 aromatic rings. The summed E-state index contributed by atoms with van der Waals surface area (Å²) in [4.78, 5) is 0. The topological polar surface area (TPSA) is 40.5 Å². The zero-order chi connectivity index (χ0) is 11.4. The van der Waals surface area contributed by atoms with Gasteiger partial charge in [0.15, 0.2) is 0 Å². The van der Waals surface area contributed by atoms with Crippen LogP contribution in [0.3, 0.4) is 0 Å². The molecule has 0 spiro atoms. The molecule has 84 valence electrons. The molecule has 2 N–H and O–H groups in total. The molecule has 0 unspecified atom stereocenters. The summed E-state index contributed by atoms with van der Waals surface area (Å²) in [7, 11) is 0. The van der Waals surface area contributed by atoms with Crippen LogP contribution in [0.5, 0.6) is 11.5 Å². The van der Waals surface area contributed by atoms with Gasteiger partial charge in [-0.15, -0.1) is 0 Å². The van der Waals surface area contributed by atoms with Crippen LogP contribution in [0.2, 0.25) is 0 Å². The van der Waals surface area contributed by atoms with Gasteiger partial charge in [-0.2, -0.15) is 0 Å². The molecule has 15 heavy (non-hydrogen) atoms. The van der Waals surface area contributed by atoms with Crippen LogP contribution in [0.25, 0.3) is 0 Å². The second-order valence-corrected chi connectivity index (χ2v) is 4.30. The van der Waals surface area contributed by atoms with Crippen molar-refractivity contribution in [3.8, 4) is 11.5 Å². The van der Waals surface area contributed by atoms with Gasteiger partial charge in [0.1, 0.15) is 11.5 Å². The Hall–Kier alpha value is -1.18. The predicted octanol–water partition coefficient (Wildman–Crippen LogP) is 3.56. The Morgan fingerprint density at radius 2 is 1.67 bits per heavy atom. The average Bonchev–Trinajstić information content (AvgIpc) is 2.16. The number of rotatable bonds is 4. The molecule has 2 nitrogen and oxygen atoms in total. The van der Waals surface area contributed by atoms with Crippen LogP contribution in [-0.4, -0.2) is 10.2 Å². The van der Waals surface area contributed by atoms with Gasteiger partial charge in [-0.25, -0.2) is 0 Å². The first-order valence-corrected chi connectivity index (χ1v) is 5.61. The normalized spacial score (nSPS) is 10.9. The third-order valence-corrected chi connectivity index (χ3v) is 2.67. The van der Waals surface area contributed by atoms with Crippen molar-refractivity contribution in [3.05, 3.63) is 23.3 Å². The minimum Gasteiger partial charge on any atom is -0.508 e. The maximum atomic E-state index is 9.79. The van der Waals surface area contributed by atoms with Crippen molar-refractivity contribution in [1.82, 2.24) is 0 Å². The number of unbranched alkanes of at least 4 members (excludes halogenated alkanes) is 1. The highest BCUT2D eigenvalue weighted by Gasteiger charge is 2.10. The molecule has 0 atom stereocenters. The van der Waals surface area contributed by atoms with Crippen molar-refractivity contribution in [2.75, 3.05) is 0 Å². The second kappa shape index (κ2) is 5.06. The smallest absolute Gasteiger partial charge is 0.122 e. The van der Waals surface area contributed by atoms with Crippen LogP contribution in [-0.2, 0) is 6.42 Å². The summed E-state index contributed by atoms with van der Waals surface area (Å²) in [5, 5.41) is 19.6. The van der Waals surface area contributed by atoms with E-state index in [4.69, 9.17) is 0 Å². The Balaban J connectivity index is 2.99. The van der Waals surface area contributed by atoms with E-state index in [1.807, 2.05) is 13.8 Å². The van der Waals surface area contributed by atoms with E-state index in [0.29, 0.717) is 11.5 Å². The van der Waals surface area contributed by atoms with Crippen LogP contribution in [0.4, 0.5) is 0 Å². The van der Waals surface area contributed by atoms with E-state index in [-0.39, 0.29) is 11.5 Å². The largest absolute Gasteiger partial charge is 0.508 e. The van der Waals surface area contributed by atoms with E-state index < -0.39 is 0 Å². The van der Waals surface area contributed by atoms with Crippen molar-refractivity contribution in [3.63, 3.8) is 0 Å². The third kappa shape index (κ3) is 2.88. The predicted molar refractivity (Wildman–Crippen MR) is 62.5 cm³/mol. The van der Waals surface area contributed by atoms with Gasteiger partial charge < -0.3 is 10.2 Å². The van der Waals surface area contributed by atoms with Crippen molar-refractivity contribution < 1.29 is 10.2 Å². The third-order valence-electron chi connectivity index (χ3n) is 2.67. The number of hydrogen-bond acceptors (Lipinski definition) is 2. The Morgan fingerprint density at radius 1 is 1.13 bits per heavy atom. The van der Waals surface area contributed by atoms with Crippen molar-refractivity contribution in [2.24, 2.45) is 0 Å². The summed E-state index contributed by atoms with van der Waals surface area (Å²) in [6.07, 6.45) is 2.79. The molecule has 0 heterocycles. The maximum Gasteiger partial charge on any atom is 0.122 e. The van der Waals surface area contributed by atoms with Gasteiger partial charge in [0.2, 0.25) is 0 Å². The Labute approximate surface area is 91.6 Å². The van der Waals surface area contributed by atoms with Gasteiger partial charge in [-0.1, -0.05) is 27.2 Å². The minimum absolute atomic E-state index is 0.229. The fraction of sp³-hybridized carbons (Fsp3) is 0.538. The molecule has 0 amide bonds. The van der Waals surface area contributed by atoms with Crippen LogP contribution in [0.15, 0.2) is 12.1 Å². The highest BCUT2D eigenvalue weighted by Crippen LogP contribution is 2.32. The van der Waals surface area contributed by atoms with Gasteiger partial charge in [-0.3, -0.25) is 0 Å². The highest BCUT2D eigenvalue weighted by atomic mass is 16.3. The molecular formula is C13H20O2. The number of benzene rings is 1. The number of phenols is 2. The summed E-state index contributed by atoms with van der Waals surface area (Å²) in [5.41, 5.74) is 1.66. The molecule has 1 aromatic carbocycles. The number of phenolic OH excluding ortho intramolecular Hbond substituents is 2. The Morgan fingerprint density at radius 3 is 2.07 bits per heavy atom. The molecule has 0 fully saturated rings. The summed E-state index contributed by atoms with van der Waals surface area (Å²) >= 11 is 0. The van der Waals surface area contributed by atoms with E-state index in [0.717, 1.165) is 24.8 Å². The van der Waals surface area contributed by atoms with Gasteiger partial charge in [0, 0.05) is 5.56 Å². The molecule has 0 aliphatic carbocycles. The fourth-order valence-corrected chi connectivity index (χ4v) is 1.61. The molecule has 0 radical (unpaired) electrons. The molecule has 2 heteroatoms. The quantitative estimate of drug-likeness (QED) is 0.794. The monoisotopic (exact) mass is 208 g/mol. The lowest BCUT2D eigenvalue weighted by molar-refractivity contribution is 0.434. The van der Waals surface area contributed by atoms with Crippen molar-refractivity contribution in [1.29, 1.82) is 0 Å². The minimum atomic E-state index is 0.229. The molecule has 1 rings (SSSR count). The first kappa shape index (κ1) is 11.9. The van der Waals surface area contributed by atoms with Gasteiger partial charge in [0.25, 0.3) is 0 Å². The lowest BCUT2D eigenvalue weighted by atomic mass is 9.98. The molecule has 0 saturated heterocycles. The van der Waals surface area contributed by atoms with Crippen LogP contribution in [0.1, 0.15) is 50.7 Å². The van der Waals surface area contributed by atoms with Crippen LogP contribution < -0.4 is 0 Å². The molecule has 0 bridgehead atoms. The van der Waals surface area contributed by atoms with Gasteiger partial charge in [0.05, 0.1) is 0 Å². The maximum absolute atomic E-state index is 9.79. The molecular weight excluding hydrogens is 188 g/mol.